The highest BCUT2D eigenvalue weighted by Gasteiger charge is 2.45. The zero-order valence-corrected chi connectivity index (χ0v) is 28.3. The van der Waals surface area contributed by atoms with Crippen molar-refractivity contribution in [3.05, 3.63) is 94.8 Å². The molecule has 0 radical (unpaired) electrons. The monoisotopic (exact) mass is 646 g/mol. The number of rotatable bonds is 13. The Morgan fingerprint density at radius 1 is 0.830 bits per heavy atom. The van der Waals surface area contributed by atoms with Crippen molar-refractivity contribution in [2.24, 2.45) is 11.8 Å². The van der Waals surface area contributed by atoms with Crippen LogP contribution in [0, 0.1) is 24.6 Å². The minimum absolute atomic E-state index is 0.118. The second kappa shape index (κ2) is 16.0. The molecule has 1 saturated heterocycles. The molecular formula is C38H47FN2O6. The number of unbranched alkanes of at least 4 members (excludes halogenated alkanes) is 2. The Morgan fingerprint density at radius 2 is 1.38 bits per heavy atom. The van der Waals surface area contributed by atoms with E-state index in [4.69, 9.17) is 14.2 Å². The summed E-state index contributed by atoms with van der Waals surface area (Å²) in [7, 11) is 3.10. The van der Waals surface area contributed by atoms with Crippen LogP contribution in [0.25, 0.3) is 0 Å². The van der Waals surface area contributed by atoms with Gasteiger partial charge in [0.05, 0.1) is 14.2 Å². The molecule has 252 valence electrons. The number of likely N-dealkylation sites (tertiary alicyclic amines) is 1. The molecule has 1 aliphatic heterocycles. The molecular weight excluding hydrogens is 599 g/mol. The molecule has 1 heterocycles. The molecule has 47 heavy (non-hydrogen) atoms. The Hall–Kier alpha value is -4.24. The number of piperidine rings is 1. The van der Waals surface area contributed by atoms with E-state index >= 15 is 4.39 Å². The van der Waals surface area contributed by atoms with Crippen LogP contribution in [0.4, 0.5) is 9.18 Å². The van der Waals surface area contributed by atoms with Crippen molar-refractivity contribution in [2.75, 3.05) is 40.4 Å². The van der Waals surface area contributed by atoms with Crippen molar-refractivity contribution in [2.45, 2.75) is 58.5 Å². The predicted molar refractivity (Wildman–Crippen MR) is 180 cm³/mol. The summed E-state index contributed by atoms with van der Waals surface area (Å²) in [6, 6.07) is 19.0. The van der Waals surface area contributed by atoms with Gasteiger partial charge < -0.3 is 24.4 Å². The van der Waals surface area contributed by atoms with E-state index in [9.17, 15) is 14.4 Å². The third-order valence-corrected chi connectivity index (χ3v) is 8.65. The summed E-state index contributed by atoms with van der Waals surface area (Å²) in [6.45, 7) is 9.15. The van der Waals surface area contributed by atoms with Gasteiger partial charge in [-0.15, -0.1) is 0 Å². The first-order valence-electron chi connectivity index (χ1n) is 16.2. The first-order chi connectivity index (χ1) is 22.4. The number of nitrogens with zero attached hydrogens (tertiary/aromatic N) is 1. The summed E-state index contributed by atoms with van der Waals surface area (Å²) in [4.78, 5) is 43.0. The van der Waals surface area contributed by atoms with E-state index in [1.807, 2.05) is 26.8 Å². The van der Waals surface area contributed by atoms with E-state index in [0.717, 1.165) is 19.3 Å². The van der Waals surface area contributed by atoms with Crippen LogP contribution in [0.15, 0.2) is 66.7 Å². The average Bonchev–Trinajstić information content (AvgIpc) is 3.05. The number of carbonyl (C=O) groups is 3. The van der Waals surface area contributed by atoms with Crippen molar-refractivity contribution < 1.29 is 33.0 Å². The van der Waals surface area contributed by atoms with Gasteiger partial charge in [-0.1, -0.05) is 42.8 Å². The number of hydrogen-bond acceptors (Lipinski definition) is 7. The number of nitrogens with one attached hydrogen (secondary N) is 1. The number of amides is 1. The summed E-state index contributed by atoms with van der Waals surface area (Å²) in [6.07, 6.45) is 1.96. The van der Waals surface area contributed by atoms with Crippen LogP contribution in [0.2, 0.25) is 0 Å². The van der Waals surface area contributed by atoms with Gasteiger partial charge in [0, 0.05) is 48.5 Å². The standard InChI is InChI=1S/C38H47FN2O6/c1-25-30(17-12-18-33(25)39)34-31(35(42)26-13-10-15-28(21-26)45-5)23-41(20-9-7-8-19-40-37(44)47-38(2,3)4)24-32(34)36(43)27-14-11-16-29(22-27)46-6/h10-18,21-22,31-32,34H,7-9,19-20,23-24H2,1-6H3,(H,40,44)/t31-,32+,34-. The molecule has 1 amide bonds. The Labute approximate surface area is 277 Å². The quantitative estimate of drug-likeness (QED) is 0.155. The van der Waals surface area contributed by atoms with Crippen molar-refractivity contribution in [3.63, 3.8) is 0 Å². The Kier molecular flexibility index (Phi) is 12.2. The summed E-state index contributed by atoms with van der Waals surface area (Å²) in [5.74, 6) is -1.28. The topological polar surface area (TPSA) is 94.2 Å². The maximum atomic E-state index is 15.1. The number of methoxy groups -OCH3 is 2. The Bertz CT molecular complexity index is 1480. The van der Waals surface area contributed by atoms with E-state index < -0.39 is 29.4 Å². The molecule has 1 N–H and O–H groups in total. The van der Waals surface area contributed by atoms with Crippen molar-refractivity contribution >= 4 is 17.7 Å². The van der Waals surface area contributed by atoms with E-state index in [0.29, 0.717) is 59.9 Å². The van der Waals surface area contributed by atoms with Gasteiger partial charge in [-0.05, 0) is 88.5 Å². The highest BCUT2D eigenvalue weighted by molar-refractivity contribution is 6.02. The third kappa shape index (κ3) is 9.41. The number of carbonyl (C=O) groups excluding carboxylic acids is 3. The SMILES string of the molecule is COc1cccc(C(=O)[C@H]2CN(CCCCCNC(=O)OC(C)(C)C)C[C@@H](C(=O)c3cccc(OC)c3)[C@H]2c2cccc(F)c2C)c1. The first kappa shape index (κ1) is 35.6. The molecule has 0 aliphatic carbocycles. The fourth-order valence-corrected chi connectivity index (χ4v) is 6.35. The van der Waals surface area contributed by atoms with Gasteiger partial charge >= 0.3 is 6.09 Å². The summed E-state index contributed by atoms with van der Waals surface area (Å²) in [5, 5.41) is 2.80. The molecule has 0 saturated carbocycles. The Morgan fingerprint density at radius 3 is 1.91 bits per heavy atom. The average molecular weight is 647 g/mol. The van der Waals surface area contributed by atoms with Crippen LogP contribution in [0.3, 0.4) is 0 Å². The molecule has 4 rings (SSSR count). The van der Waals surface area contributed by atoms with Crippen LogP contribution >= 0.6 is 0 Å². The lowest BCUT2D eigenvalue weighted by Gasteiger charge is -2.43. The van der Waals surface area contributed by atoms with Gasteiger partial charge in [0.15, 0.2) is 11.6 Å². The number of halogens is 1. The summed E-state index contributed by atoms with van der Waals surface area (Å²) >= 11 is 0. The van der Waals surface area contributed by atoms with Crippen molar-refractivity contribution in [1.29, 1.82) is 0 Å². The molecule has 9 heteroatoms. The molecule has 1 aliphatic rings. The molecule has 1 fully saturated rings. The van der Waals surface area contributed by atoms with Gasteiger partial charge in [-0.2, -0.15) is 0 Å². The number of hydrogen-bond donors (Lipinski definition) is 1. The molecule has 3 aromatic rings. The largest absolute Gasteiger partial charge is 0.497 e. The number of alkyl carbamates (subject to hydrolysis) is 1. The third-order valence-electron chi connectivity index (χ3n) is 8.65. The zero-order chi connectivity index (χ0) is 34.1. The summed E-state index contributed by atoms with van der Waals surface area (Å²) < 4.78 is 31.2. The molecule has 0 bridgehead atoms. The van der Waals surface area contributed by atoms with Crippen molar-refractivity contribution in [1.82, 2.24) is 10.2 Å². The summed E-state index contributed by atoms with van der Waals surface area (Å²) in [5.41, 5.74) is 1.51. The second-order valence-electron chi connectivity index (χ2n) is 13.1. The molecule has 3 atom stereocenters. The molecule has 0 aromatic heterocycles. The van der Waals surface area contributed by atoms with Gasteiger partial charge in [0.25, 0.3) is 0 Å². The van der Waals surface area contributed by atoms with Gasteiger partial charge in [-0.25, -0.2) is 9.18 Å². The van der Waals surface area contributed by atoms with E-state index in [2.05, 4.69) is 10.2 Å². The number of ketones is 2. The number of benzene rings is 3. The van der Waals surface area contributed by atoms with E-state index in [1.54, 1.807) is 75.7 Å². The lowest BCUT2D eigenvalue weighted by Crippen LogP contribution is -2.50. The smallest absolute Gasteiger partial charge is 0.407 e. The van der Waals surface area contributed by atoms with Crippen LogP contribution < -0.4 is 14.8 Å². The molecule has 8 nitrogen and oxygen atoms in total. The van der Waals surface area contributed by atoms with E-state index in [-0.39, 0.29) is 17.4 Å². The fourth-order valence-electron chi connectivity index (χ4n) is 6.35. The molecule has 0 unspecified atom stereocenters. The molecule has 0 spiro atoms. The highest BCUT2D eigenvalue weighted by atomic mass is 19.1. The Balaban J connectivity index is 1.63. The van der Waals surface area contributed by atoms with Gasteiger partial charge in [-0.3, -0.25) is 9.59 Å². The van der Waals surface area contributed by atoms with Crippen LogP contribution in [-0.2, 0) is 4.74 Å². The zero-order valence-electron chi connectivity index (χ0n) is 28.3. The maximum Gasteiger partial charge on any atom is 0.407 e. The van der Waals surface area contributed by atoms with E-state index in [1.165, 1.54) is 6.07 Å². The normalized spacial score (nSPS) is 18.3. The first-order valence-corrected chi connectivity index (χ1v) is 16.2. The highest BCUT2D eigenvalue weighted by Crippen LogP contribution is 2.43. The van der Waals surface area contributed by atoms with Gasteiger partial charge in [0.2, 0.25) is 0 Å². The maximum absolute atomic E-state index is 15.1. The van der Waals surface area contributed by atoms with Gasteiger partial charge in [0.1, 0.15) is 22.9 Å². The van der Waals surface area contributed by atoms with Crippen LogP contribution in [-0.4, -0.2) is 68.6 Å². The number of ether oxygens (including phenoxy) is 3. The number of Topliss-reactive ketones (excluding diaryl/α,β-unsaturated/α-hetero) is 2. The fraction of sp³-hybridized carbons (Fsp3) is 0.447. The predicted octanol–water partition coefficient (Wildman–Crippen LogP) is 7.24. The lowest BCUT2D eigenvalue weighted by molar-refractivity contribution is 0.0526. The van der Waals surface area contributed by atoms with Crippen LogP contribution in [0.5, 0.6) is 11.5 Å². The minimum atomic E-state index is -0.621. The second-order valence-corrected chi connectivity index (χ2v) is 13.1. The van der Waals surface area contributed by atoms with Crippen LogP contribution in [0.1, 0.15) is 77.8 Å². The van der Waals surface area contributed by atoms with Crippen molar-refractivity contribution in [3.8, 4) is 11.5 Å². The molecule has 3 aromatic carbocycles. The lowest BCUT2D eigenvalue weighted by atomic mass is 9.67. The minimum Gasteiger partial charge on any atom is -0.497 e.